The van der Waals surface area contributed by atoms with Crippen LogP contribution in [0.2, 0.25) is 10.0 Å². The molecule has 0 saturated heterocycles. The van der Waals surface area contributed by atoms with E-state index in [1.54, 1.807) is 55.5 Å². The summed E-state index contributed by atoms with van der Waals surface area (Å²) >= 11 is 13.0. The van der Waals surface area contributed by atoms with Gasteiger partial charge in [-0.05, 0) is 62.1 Å². The normalized spacial score (nSPS) is 12.8. The largest absolute Gasteiger partial charge is 0.352 e. The van der Waals surface area contributed by atoms with Gasteiger partial charge >= 0.3 is 0 Å². The molecule has 0 heterocycles. The Morgan fingerprint density at radius 2 is 1.46 bits per heavy atom. The first-order valence-electron chi connectivity index (χ1n) is 13.7. The number of nitrogens with one attached hydrogen (secondary N) is 1. The molecule has 0 saturated carbocycles. The maximum atomic E-state index is 14.2. The molecule has 0 fully saturated rings. The van der Waals surface area contributed by atoms with Gasteiger partial charge in [0.25, 0.3) is 10.0 Å². The van der Waals surface area contributed by atoms with E-state index in [2.05, 4.69) is 5.32 Å². The fourth-order valence-electron chi connectivity index (χ4n) is 4.50. The monoisotopic (exact) mass is 617 g/mol. The van der Waals surface area contributed by atoms with Gasteiger partial charge in [-0.25, -0.2) is 8.42 Å². The zero-order chi connectivity index (χ0) is 30.2. The van der Waals surface area contributed by atoms with Crippen LogP contribution in [0.25, 0.3) is 0 Å². The predicted molar refractivity (Wildman–Crippen MR) is 166 cm³/mol. The van der Waals surface area contributed by atoms with Crippen molar-refractivity contribution in [2.24, 2.45) is 0 Å². The Morgan fingerprint density at radius 1 is 0.854 bits per heavy atom. The second-order valence-electron chi connectivity index (χ2n) is 9.77. The van der Waals surface area contributed by atoms with E-state index in [0.29, 0.717) is 40.6 Å². The van der Waals surface area contributed by atoms with Crippen molar-refractivity contribution in [3.05, 3.63) is 94.0 Å². The fourth-order valence-corrected chi connectivity index (χ4v) is 6.49. The maximum absolute atomic E-state index is 14.2. The van der Waals surface area contributed by atoms with E-state index in [1.165, 1.54) is 17.0 Å². The first-order valence-corrected chi connectivity index (χ1v) is 15.9. The van der Waals surface area contributed by atoms with Gasteiger partial charge in [0.1, 0.15) is 12.6 Å². The lowest BCUT2D eigenvalue weighted by molar-refractivity contribution is -0.140. The molecule has 10 heteroatoms. The minimum atomic E-state index is -4.15. The number of para-hydroxylation sites is 1. The van der Waals surface area contributed by atoms with E-state index in [9.17, 15) is 18.0 Å². The molecule has 3 rings (SSSR count). The second kappa shape index (κ2) is 14.7. The highest BCUT2D eigenvalue weighted by Crippen LogP contribution is 2.30. The first kappa shape index (κ1) is 32.4. The quantitative estimate of drug-likeness (QED) is 0.238. The number of aryl methyl sites for hydroxylation is 1. The summed E-state index contributed by atoms with van der Waals surface area (Å²) in [5.74, 6) is -0.887. The summed E-state index contributed by atoms with van der Waals surface area (Å²) in [4.78, 5) is 29.1. The van der Waals surface area contributed by atoms with Crippen LogP contribution >= 0.6 is 23.2 Å². The summed E-state index contributed by atoms with van der Waals surface area (Å²) in [7, 11) is -4.15. The van der Waals surface area contributed by atoms with Gasteiger partial charge in [-0.2, -0.15) is 0 Å². The summed E-state index contributed by atoms with van der Waals surface area (Å²) in [5.41, 5.74) is 1.65. The van der Waals surface area contributed by atoms with Crippen molar-refractivity contribution in [2.45, 2.75) is 70.5 Å². The lowest BCUT2D eigenvalue weighted by Gasteiger charge is -2.34. The lowest BCUT2D eigenvalue weighted by Crippen LogP contribution is -2.53. The Hall–Kier alpha value is -3.07. The molecule has 3 aromatic carbocycles. The van der Waals surface area contributed by atoms with E-state index in [1.807, 2.05) is 32.9 Å². The van der Waals surface area contributed by atoms with Crippen molar-refractivity contribution in [1.82, 2.24) is 10.2 Å². The first-order chi connectivity index (χ1) is 19.5. The average molecular weight is 619 g/mol. The third-order valence-corrected chi connectivity index (χ3v) is 9.51. The predicted octanol–water partition coefficient (Wildman–Crippen LogP) is 6.47. The summed E-state index contributed by atoms with van der Waals surface area (Å²) in [6.45, 7) is 6.97. The number of rotatable bonds is 13. The smallest absolute Gasteiger partial charge is 0.264 e. The number of benzene rings is 3. The van der Waals surface area contributed by atoms with Crippen LogP contribution in [-0.4, -0.2) is 43.8 Å². The average Bonchev–Trinajstić information content (AvgIpc) is 2.97. The molecule has 0 aliphatic carbocycles. The molecule has 0 bridgehead atoms. The van der Waals surface area contributed by atoms with Gasteiger partial charge < -0.3 is 10.2 Å². The van der Waals surface area contributed by atoms with Gasteiger partial charge in [-0.3, -0.25) is 13.9 Å². The molecule has 1 N–H and O–H groups in total. The number of halogens is 2. The van der Waals surface area contributed by atoms with Crippen molar-refractivity contribution in [3.63, 3.8) is 0 Å². The summed E-state index contributed by atoms with van der Waals surface area (Å²) in [5, 5.41) is 3.65. The highest BCUT2D eigenvalue weighted by atomic mass is 35.5. The van der Waals surface area contributed by atoms with Crippen molar-refractivity contribution < 1.29 is 18.0 Å². The van der Waals surface area contributed by atoms with Gasteiger partial charge in [-0.1, -0.05) is 86.4 Å². The number of nitrogens with zero attached hydrogens (tertiary/aromatic N) is 2. The number of carbonyl (C=O) groups excluding carboxylic acids is 2. The highest BCUT2D eigenvalue weighted by Gasteiger charge is 2.35. The van der Waals surface area contributed by atoms with Crippen LogP contribution in [0.3, 0.4) is 0 Å². The number of sulfonamides is 1. The summed E-state index contributed by atoms with van der Waals surface area (Å²) in [6.07, 6.45) is 1.56. The molecule has 0 aliphatic rings. The lowest BCUT2D eigenvalue weighted by atomic mass is 10.1. The molecule has 7 nitrogen and oxygen atoms in total. The minimum Gasteiger partial charge on any atom is -0.352 e. The Kier molecular flexibility index (Phi) is 11.6. The van der Waals surface area contributed by atoms with Gasteiger partial charge in [0, 0.05) is 28.2 Å². The van der Waals surface area contributed by atoms with Crippen LogP contribution in [0, 0.1) is 0 Å². The SMILES string of the molecule is CCc1ccccc1N(CC(=O)N(Cc1c(Cl)cccc1Cl)[C@@H](CC)C(=O)N[C@H](C)CC)S(=O)(=O)c1ccccc1. The molecule has 2 atom stereocenters. The molecule has 3 aromatic rings. The maximum Gasteiger partial charge on any atom is 0.264 e. The van der Waals surface area contributed by atoms with E-state index in [-0.39, 0.29) is 23.4 Å². The highest BCUT2D eigenvalue weighted by molar-refractivity contribution is 7.92. The number of hydrogen-bond donors (Lipinski definition) is 1. The number of amides is 2. The fraction of sp³-hybridized carbons (Fsp3) is 0.355. The van der Waals surface area contributed by atoms with Crippen LogP contribution in [0.1, 0.15) is 51.7 Å². The van der Waals surface area contributed by atoms with Gasteiger partial charge in [0.2, 0.25) is 11.8 Å². The third kappa shape index (κ3) is 7.82. The van der Waals surface area contributed by atoms with Gasteiger partial charge in [0.15, 0.2) is 0 Å². The van der Waals surface area contributed by atoms with Crippen LogP contribution in [0.4, 0.5) is 5.69 Å². The number of carbonyl (C=O) groups is 2. The van der Waals surface area contributed by atoms with E-state index < -0.39 is 28.5 Å². The van der Waals surface area contributed by atoms with Crippen molar-refractivity contribution in [1.29, 1.82) is 0 Å². The number of hydrogen-bond acceptors (Lipinski definition) is 4. The summed E-state index contributed by atoms with van der Waals surface area (Å²) in [6, 6.07) is 19.1. The summed E-state index contributed by atoms with van der Waals surface area (Å²) < 4.78 is 29.2. The Balaban J connectivity index is 2.13. The zero-order valence-corrected chi connectivity index (χ0v) is 26.1. The van der Waals surface area contributed by atoms with Crippen LogP contribution in [0.15, 0.2) is 77.7 Å². The molecule has 0 aromatic heterocycles. The van der Waals surface area contributed by atoms with Crippen LogP contribution in [0.5, 0.6) is 0 Å². The van der Waals surface area contributed by atoms with Crippen molar-refractivity contribution >= 4 is 50.7 Å². The molecule has 0 spiro atoms. The molecule has 0 unspecified atom stereocenters. The zero-order valence-electron chi connectivity index (χ0n) is 23.8. The van der Waals surface area contributed by atoms with Crippen LogP contribution in [-0.2, 0) is 32.6 Å². The molecular formula is C31H37Cl2N3O4S. The van der Waals surface area contributed by atoms with E-state index in [4.69, 9.17) is 23.2 Å². The Labute approximate surface area is 253 Å². The van der Waals surface area contributed by atoms with Gasteiger partial charge in [-0.15, -0.1) is 0 Å². The van der Waals surface area contributed by atoms with Crippen molar-refractivity contribution in [3.8, 4) is 0 Å². The Bertz CT molecular complexity index is 1430. The number of anilines is 1. The van der Waals surface area contributed by atoms with E-state index >= 15 is 0 Å². The van der Waals surface area contributed by atoms with E-state index in [0.717, 1.165) is 9.87 Å². The third-order valence-electron chi connectivity index (χ3n) is 7.03. The van der Waals surface area contributed by atoms with Crippen molar-refractivity contribution in [2.75, 3.05) is 10.8 Å². The molecule has 2 amide bonds. The van der Waals surface area contributed by atoms with Crippen LogP contribution < -0.4 is 9.62 Å². The Morgan fingerprint density at radius 3 is 2.05 bits per heavy atom. The molecule has 0 radical (unpaired) electrons. The second-order valence-corrected chi connectivity index (χ2v) is 12.4. The molecule has 41 heavy (non-hydrogen) atoms. The molecular weight excluding hydrogens is 581 g/mol. The standard InChI is InChI=1S/C31H37Cl2N3O4S/c1-5-22(4)34-31(38)28(7-3)35(20-25-26(32)17-13-18-27(25)33)30(37)21-36(29-19-12-11-14-23(29)6-2)41(39,40)24-15-9-8-10-16-24/h8-19,22,28H,5-7,20-21H2,1-4H3,(H,34,38)/t22-,28+/m1/s1. The molecule has 220 valence electrons. The topological polar surface area (TPSA) is 86.8 Å². The minimum absolute atomic E-state index is 0.0564. The van der Waals surface area contributed by atoms with Gasteiger partial charge in [0.05, 0.1) is 10.6 Å². The molecule has 0 aliphatic heterocycles.